The van der Waals surface area contributed by atoms with E-state index in [1.54, 1.807) is 31.1 Å². The largest absolute Gasteiger partial charge is 0.493 e. The average molecular weight is 486 g/mol. The van der Waals surface area contributed by atoms with Gasteiger partial charge in [-0.15, -0.1) is 5.10 Å². The molecular formula is C26H27N7O3. The van der Waals surface area contributed by atoms with Gasteiger partial charge in [0.15, 0.2) is 28.5 Å². The summed E-state index contributed by atoms with van der Waals surface area (Å²) in [5, 5.41) is 8.69. The van der Waals surface area contributed by atoms with E-state index in [4.69, 9.17) is 9.47 Å². The number of methoxy groups -OCH3 is 2. The van der Waals surface area contributed by atoms with Gasteiger partial charge in [-0.05, 0) is 42.8 Å². The van der Waals surface area contributed by atoms with Crippen LogP contribution in [0.5, 0.6) is 11.5 Å². The van der Waals surface area contributed by atoms with Crippen molar-refractivity contribution in [2.75, 3.05) is 45.3 Å². The van der Waals surface area contributed by atoms with E-state index in [1.807, 2.05) is 54.3 Å². The highest BCUT2D eigenvalue weighted by Crippen LogP contribution is 2.28. The molecule has 2 aromatic heterocycles. The number of fused-ring (bicyclic) bond motifs is 1. The van der Waals surface area contributed by atoms with Crippen molar-refractivity contribution in [3.8, 4) is 17.2 Å². The molecule has 10 heteroatoms. The fourth-order valence-electron chi connectivity index (χ4n) is 4.20. The SMILES string of the molecule is COc1ccc(/C=C\C(=O)N2CCN(c3ncnc4c3nnn4-c3ccc(C)cc3)CC2)cc1OC. The standard InChI is InChI=1S/C26H27N7O3/c1-18-4-8-20(9-5-18)33-26-24(29-30-33)25(27-17-28-26)32-14-12-31(13-15-32)23(34)11-7-19-6-10-21(35-2)22(16-19)36-3/h4-11,16-17H,12-15H2,1-3H3/b11-7-. The van der Waals surface area contributed by atoms with Crippen molar-refractivity contribution in [1.82, 2.24) is 29.9 Å². The van der Waals surface area contributed by atoms with Gasteiger partial charge in [0, 0.05) is 32.3 Å². The van der Waals surface area contributed by atoms with E-state index >= 15 is 0 Å². The second-order valence-corrected chi connectivity index (χ2v) is 8.47. The third-order valence-electron chi connectivity index (χ3n) is 6.21. The van der Waals surface area contributed by atoms with E-state index in [0.717, 1.165) is 17.1 Å². The molecule has 4 aromatic rings. The van der Waals surface area contributed by atoms with Crippen molar-refractivity contribution in [3.63, 3.8) is 0 Å². The number of aromatic nitrogens is 5. The lowest BCUT2D eigenvalue weighted by Crippen LogP contribution is -2.48. The predicted octanol–water partition coefficient (Wildman–Crippen LogP) is 2.90. The monoisotopic (exact) mass is 485 g/mol. The quantitative estimate of drug-likeness (QED) is 0.385. The van der Waals surface area contributed by atoms with Gasteiger partial charge in [-0.25, -0.2) is 9.97 Å². The first-order valence-corrected chi connectivity index (χ1v) is 11.6. The van der Waals surface area contributed by atoms with E-state index in [-0.39, 0.29) is 5.91 Å². The lowest BCUT2D eigenvalue weighted by molar-refractivity contribution is -0.126. The van der Waals surface area contributed by atoms with Crippen molar-refractivity contribution in [2.45, 2.75) is 6.92 Å². The van der Waals surface area contributed by atoms with Crippen molar-refractivity contribution >= 4 is 29.0 Å². The van der Waals surface area contributed by atoms with Crippen molar-refractivity contribution in [2.24, 2.45) is 0 Å². The van der Waals surface area contributed by atoms with E-state index in [0.29, 0.717) is 48.8 Å². The number of ether oxygens (including phenoxy) is 2. The third-order valence-corrected chi connectivity index (χ3v) is 6.21. The topological polar surface area (TPSA) is 98.5 Å². The van der Waals surface area contributed by atoms with Crippen LogP contribution in [0, 0.1) is 6.92 Å². The minimum atomic E-state index is -0.0393. The van der Waals surface area contributed by atoms with Crippen molar-refractivity contribution in [1.29, 1.82) is 0 Å². The fraction of sp³-hybridized carbons (Fsp3) is 0.269. The summed E-state index contributed by atoms with van der Waals surface area (Å²) in [6.07, 6.45) is 4.91. The summed E-state index contributed by atoms with van der Waals surface area (Å²) in [6.45, 7) is 4.47. The molecule has 3 heterocycles. The smallest absolute Gasteiger partial charge is 0.246 e. The van der Waals surface area contributed by atoms with Gasteiger partial charge in [0.25, 0.3) is 0 Å². The number of benzene rings is 2. The van der Waals surface area contributed by atoms with Gasteiger partial charge in [-0.2, -0.15) is 4.68 Å². The molecule has 0 bridgehead atoms. The van der Waals surface area contributed by atoms with Crippen LogP contribution in [0.4, 0.5) is 5.82 Å². The zero-order chi connectivity index (χ0) is 25.1. The van der Waals surface area contributed by atoms with Gasteiger partial charge in [0.2, 0.25) is 5.91 Å². The molecule has 10 nitrogen and oxygen atoms in total. The maximum Gasteiger partial charge on any atom is 0.246 e. The van der Waals surface area contributed by atoms with E-state index < -0.39 is 0 Å². The summed E-state index contributed by atoms with van der Waals surface area (Å²) in [5.41, 5.74) is 4.22. The normalized spacial score (nSPS) is 14.0. The highest BCUT2D eigenvalue weighted by Gasteiger charge is 2.24. The number of hydrogen-bond acceptors (Lipinski definition) is 8. The molecule has 0 saturated carbocycles. The molecule has 0 aliphatic carbocycles. The Labute approximate surface area is 208 Å². The molecule has 1 amide bonds. The Bertz CT molecular complexity index is 1410. The van der Waals surface area contributed by atoms with Gasteiger partial charge >= 0.3 is 0 Å². The number of carbonyl (C=O) groups is 1. The molecule has 5 rings (SSSR count). The first-order valence-electron chi connectivity index (χ1n) is 11.6. The average Bonchev–Trinajstić information content (AvgIpc) is 3.36. The molecule has 0 radical (unpaired) electrons. The Balaban J connectivity index is 1.27. The number of rotatable bonds is 6. The molecule has 0 atom stereocenters. The number of anilines is 1. The molecule has 36 heavy (non-hydrogen) atoms. The van der Waals surface area contributed by atoms with E-state index in [1.165, 1.54) is 11.9 Å². The number of carbonyl (C=O) groups excluding carboxylic acids is 1. The molecule has 1 aliphatic rings. The first-order chi connectivity index (χ1) is 17.6. The van der Waals surface area contributed by atoms with Crippen LogP contribution in [0.1, 0.15) is 11.1 Å². The second kappa shape index (κ2) is 10.0. The Morgan fingerprint density at radius 1 is 0.944 bits per heavy atom. The Morgan fingerprint density at radius 2 is 1.69 bits per heavy atom. The Hall–Kier alpha value is -4.47. The molecular weight excluding hydrogens is 458 g/mol. The number of aryl methyl sites for hydroxylation is 1. The van der Waals surface area contributed by atoms with Crippen LogP contribution in [0.3, 0.4) is 0 Å². The maximum absolute atomic E-state index is 12.8. The molecule has 1 fully saturated rings. The Kier molecular flexibility index (Phi) is 6.48. The summed E-state index contributed by atoms with van der Waals surface area (Å²) >= 11 is 0. The van der Waals surface area contributed by atoms with Gasteiger partial charge in [-0.1, -0.05) is 29.0 Å². The number of piperazine rings is 1. The lowest BCUT2D eigenvalue weighted by atomic mass is 10.2. The van der Waals surface area contributed by atoms with Gasteiger partial charge in [-0.3, -0.25) is 4.79 Å². The van der Waals surface area contributed by atoms with Crippen LogP contribution < -0.4 is 14.4 Å². The summed E-state index contributed by atoms with van der Waals surface area (Å²) in [6, 6.07) is 13.6. The molecule has 0 N–H and O–H groups in total. The van der Waals surface area contributed by atoms with Gasteiger partial charge < -0.3 is 19.3 Å². The van der Waals surface area contributed by atoms with E-state index in [2.05, 4.69) is 25.2 Å². The number of hydrogen-bond donors (Lipinski definition) is 0. The zero-order valence-electron chi connectivity index (χ0n) is 20.5. The van der Waals surface area contributed by atoms with Gasteiger partial charge in [0.1, 0.15) is 6.33 Å². The highest BCUT2D eigenvalue weighted by molar-refractivity contribution is 5.92. The zero-order valence-corrected chi connectivity index (χ0v) is 20.5. The summed E-state index contributed by atoms with van der Waals surface area (Å²) in [7, 11) is 3.18. The first kappa shape index (κ1) is 23.3. The predicted molar refractivity (Wildman–Crippen MR) is 137 cm³/mol. The van der Waals surface area contributed by atoms with Crippen molar-refractivity contribution < 1.29 is 14.3 Å². The van der Waals surface area contributed by atoms with Gasteiger partial charge in [0.05, 0.1) is 19.9 Å². The summed E-state index contributed by atoms with van der Waals surface area (Å²) < 4.78 is 12.3. The highest BCUT2D eigenvalue weighted by atomic mass is 16.5. The van der Waals surface area contributed by atoms with Crippen LogP contribution in [-0.2, 0) is 4.79 Å². The molecule has 184 valence electrons. The van der Waals surface area contributed by atoms with Crippen LogP contribution in [0.15, 0.2) is 54.9 Å². The summed E-state index contributed by atoms with van der Waals surface area (Å²) in [5.74, 6) is 1.96. The number of nitrogens with zero attached hydrogens (tertiary/aromatic N) is 7. The maximum atomic E-state index is 12.8. The molecule has 0 unspecified atom stereocenters. The molecule has 0 spiro atoms. The fourth-order valence-corrected chi connectivity index (χ4v) is 4.20. The van der Waals surface area contributed by atoms with Crippen LogP contribution >= 0.6 is 0 Å². The molecule has 1 aliphatic heterocycles. The van der Waals surface area contributed by atoms with Crippen LogP contribution in [0.2, 0.25) is 0 Å². The van der Waals surface area contributed by atoms with Crippen LogP contribution in [0.25, 0.3) is 22.9 Å². The molecule has 1 saturated heterocycles. The summed E-state index contributed by atoms with van der Waals surface area (Å²) in [4.78, 5) is 25.7. The van der Waals surface area contributed by atoms with E-state index in [9.17, 15) is 4.79 Å². The third kappa shape index (κ3) is 4.57. The minimum absolute atomic E-state index is 0.0393. The number of amides is 1. The van der Waals surface area contributed by atoms with Crippen LogP contribution in [-0.4, -0.2) is 76.2 Å². The lowest BCUT2D eigenvalue weighted by Gasteiger charge is -2.34. The molecule has 2 aromatic carbocycles. The Morgan fingerprint density at radius 3 is 2.42 bits per heavy atom. The second-order valence-electron chi connectivity index (χ2n) is 8.47. The van der Waals surface area contributed by atoms with Crippen molar-refractivity contribution in [3.05, 3.63) is 66.0 Å². The minimum Gasteiger partial charge on any atom is -0.493 e.